The molecule has 1 amide bonds. The number of carbonyl (C=O) groups is 1. The fraction of sp³-hybridized carbons (Fsp3) is 0.533. The van der Waals surface area contributed by atoms with Crippen LogP contribution in [-0.4, -0.2) is 70.2 Å². The molecule has 0 heterocycles. The summed E-state index contributed by atoms with van der Waals surface area (Å²) in [5, 5.41) is 3.21. The molecular formula is C15H26N4O2. The normalized spacial score (nSPS) is 10.7. The minimum Gasteiger partial charge on any atom is -0.397 e. The molecule has 0 atom stereocenters. The van der Waals surface area contributed by atoms with Crippen LogP contribution in [0.2, 0.25) is 0 Å². The molecule has 0 aliphatic carbocycles. The maximum atomic E-state index is 11.8. The van der Waals surface area contributed by atoms with Crippen LogP contribution in [0.15, 0.2) is 18.2 Å². The molecule has 118 valence electrons. The molecule has 0 bridgehead atoms. The van der Waals surface area contributed by atoms with Crippen LogP contribution in [0.3, 0.4) is 0 Å². The number of hydrogen-bond donors (Lipinski definition) is 2. The molecule has 0 saturated carbocycles. The molecule has 0 spiro atoms. The fourth-order valence-corrected chi connectivity index (χ4v) is 1.72. The quantitative estimate of drug-likeness (QED) is 0.552. The first-order valence-corrected chi connectivity index (χ1v) is 6.99. The highest BCUT2D eigenvalue weighted by atomic mass is 16.5. The van der Waals surface area contributed by atoms with E-state index in [2.05, 4.69) is 10.2 Å². The van der Waals surface area contributed by atoms with Crippen molar-refractivity contribution >= 4 is 17.3 Å². The van der Waals surface area contributed by atoms with Gasteiger partial charge in [-0.2, -0.15) is 0 Å². The summed E-state index contributed by atoms with van der Waals surface area (Å²) in [6, 6.07) is 5.29. The molecule has 6 nitrogen and oxygen atoms in total. The van der Waals surface area contributed by atoms with Gasteiger partial charge in [-0.3, -0.25) is 4.79 Å². The van der Waals surface area contributed by atoms with Gasteiger partial charge in [0.2, 0.25) is 0 Å². The van der Waals surface area contributed by atoms with Crippen molar-refractivity contribution in [2.75, 3.05) is 65.5 Å². The van der Waals surface area contributed by atoms with Gasteiger partial charge in [-0.1, -0.05) is 0 Å². The predicted octanol–water partition coefficient (Wildman–Crippen LogP) is 0.961. The lowest BCUT2D eigenvalue weighted by Gasteiger charge is -2.14. The lowest BCUT2D eigenvalue weighted by atomic mass is 10.1. The standard InChI is InChI=1S/C15H26N4O2/c1-18(2)8-10-21-9-7-17-14-6-5-12(11-13(14)16)15(20)19(3)4/h5-6,11,17H,7-10,16H2,1-4H3. The highest BCUT2D eigenvalue weighted by Crippen LogP contribution is 2.20. The van der Waals surface area contributed by atoms with Crippen LogP contribution >= 0.6 is 0 Å². The molecule has 21 heavy (non-hydrogen) atoms. The number of anilines is 2. The Morgan fingerprint density at radius 3 is 2.52 bits per heavy atom. The maximum Gasteiger partial charge on any atom is 0.253 e. The molecule has 0 aliphatic heterocycles. The van der Waals surface area contributed by atoms with Crippen molar-refractivity contribution in [3.63, 3.8) is 0 Å². The first-order valence-electron chi connectivity index (χ1n) is 6.99. The van der Waals surface area contributed by atoms with E-state index in [1.807, 2.05) is 20.2 Å². The molecule has 0 aliphatic rings. The van der Waals surface area contributed by atoms with Crippen LogP contribution in [0, 0.1) is 0 Å². The molecule has 0 unspecified atom stereocenters. The van der Waals surface area contributed by atoms with Crippen LogP contribution in [0.4, 0.5) is 11.4 Å². The van der Waals surface area contributed by atoms with Crippen LogP contribution in [-0.2, 0) is 4.74 Å². The number of carbonyl (C=O) groups excluding carboxylic acids is 1. The zero-order chi connectivity index (χ0) is 15.8. The van der Waals surface area contributed by atoms with Gasteiger partial charge < -0.3 is 25.6 Å². The van der Waals surface area contributed by atoms with E-state index < -0.39 is 0 Å². The monoisotopic (exact) mass is 294 g/mol. The van der Waals surface area contributed by atoms with Crippen molar-refractivity contribution in [3.8, 4) is 0 Å². The lowest BCUT2D eigenvalue weighted by molar-refractivity contribution is 0.0827. The molecule has 0 fully saturated rings. The van der Waals surface area contributed by atoms with E-state index in [0.717, 1.165) is 12.2 Å². The third-order valence-corrected chi connectivity index (χ3v) is 2.95. The van der Waals surface area contributed by atoms with Crippen LogP contribution in [0.5, 0.6) is 0 Å². The van der Waals surface area contributed by atoms with Gasteiger partial charge in [-0.15, -0.1) is 0 Å². The Morgan fingerprint density at radius 1 is 1.24 bits per heavy atom. The number of nitrogens with zero attached hydrogens (tertiary/aromatic N) is 2. The van der Waals surface area contributed by atoms with Crippen LogP contribution < -0.4 is 11.1 Å². The number of benzene rings is 1. The minimum atomic E-state index is -0.0553. The summed E-state index contributed by atoms with van der Waals surface area (Å²) in [7, 11) is 7.46. The summed E-state index contributed by atoms with van der Waals surface area (Å²) < 4.78 is 5.49. The molecule has 1 aromatic rings. The number of nitrogens with one attached hydrogen (secondary N) is 1. The average Bonchev–Trinajstić information content (AvgIpc) is 2.42. The van der Waals surface area contributed by atoms with E-state index >= 15 is 0 Å². The predicted molar refractivity (Wildman–Crippen MR) is 86.7 cm³/mol. The first-order chi connectivity index (χ1) is 9.91. The fourth-order valence-electron chi connectivity index (χ4n) is 1.72. The highest BCUT2D eigenvalue weighted by molar-refractivity contribution is 5.95. The van der Waals surface area contributed by atoms with Gasteiger partial charge in [-0.05, 0) is 32.3 Å². The second-order valence-corrected chi connectivity index (χ2v) is 5.34. The summed E-state index contributed by atoms with van der Waals surface area (Å²) in [6.45, 7) is 2.91. The maximum absolute atomic E-state index is 11.8. The smallest absolute Gasteiger partial charge is 0.253 e. The van der Waals surface area contributed by atoms with E-state index in [1.165, 1.54) is 4.90 Å². The first kappa shape index (κ1) is 17.3. The van der Waals surface area contributed by atoms with Crippen molar-refractivity contribution in [1.29, 1.82) is 0 Å². The zero-order valence-electron chi connectivity index (χ0n) is 13.3. The van der Waals surface area contributed by atoms with Gasteiger partial charge in [0.25, 0.3) is 5.91 Å². The number of nitrogens with two attached hydrogens (primary N) is 1. The van der Waals surface area contributed by atoms with Gasteiger partial charge in [-0.25, -0.2) is 0 Å². The third-order valence-electron chi connectivity index (χ3n) is 2.95. The van der Waals surface area contributed by atoms with E-state index in [4.69, 9.17) is 10.5 Å². The molecule has 6 heteroatoms. The van der Waals surface area contributed by atoms with Crippen LogP contribution in [0.25, 0.3) is 0 Å². The van der Waals surface area contributed by atoms with Crippen molar-refractivity contribution in [2.24, 2.45) is 0 Å². The Labute approximate surface area is 126 Å². The van der Waals surface area contributed by atoms with Crippen molar-refractivity contribution in [2.45, 2.75) is 0 Å². The zero-order valence-corrected chi connectivity index (χ0v) is 13.3. The van der Waals surface area contributed by atoms with E-state index in [9.17, 15) is 4.79 Å². The summed E-state index contributed by atoms with van der Waals surface area (Å²) in [5.74, 6) is -0.0553. The Morgan fingerprint density at radius 2 is 1.95 bits per heavy atom. The van der Waals surface area contributed by atoms with Gasteiger partial charge in [0.1, 0.15) is 0 Å². The summed E-state index contributed by atoms with van der Waals surface area (Å²) in [4.78, 5) is 15.4. The van der Waals surface area contributed by atoms with Crippen molar-refractivity contribution < 1.29 is 9.53 Å². The number of nitrogen functional groups attached to an aromatic ring is 1. The Bertz CT molecular complexity index is 461. The van der Waals surface area contributed by atoms with Gasteiger partial charge >= 0.3 is 0 Å². The molecule has 0 aromatic heterocycles. The second kappa shape index (κ2) is 8.49. The summed E-state index contributed by atoms with van der Waals surface area (Å²) in [5.41, 5.74) is 7.93. The lowest BCUT2D eigenvalue weighted by Crippen LogP contribution is -2.22. The van der Waals surface area contributed by atoms with E-state index in [-0.39, 0.29) is 5.91 Å². The topological polar surface area (TPSA) is 70.8 Å². The Kier molecular flexibility index (Phi) is 6.98. The number of amides is 1. The van der Waals surface area contributed by atoms with Crippen molar-refractivity contribution in [1.82, 2.24) is 9.80 Å². The number of rotatable bonds is 8. The van der Waals surface area contributed by atoms with Gasteiger partial charge in [0.15, 0.2) is 0 Å². The summed E-state index contributed by atoms with van der Waals surface area (Å²) in [6.07, 6.45) is 0. The SMILES string of the molecule is CN(C)CCOCCNc1ccc(C(=O)N(C)C)cc1N. The average molecular weight is 294 g/mol. The van der Waals surface area contributed by atoms with Gasteiger partial charge in [0.05, 0.1) is 24.6 Å². The Balaban J connectivity index is 2.41. The number of hydrogen-bond acceptors (Lipinski definition) is 5. The summed E-state index contributed by atoms with van der Waals surface area (Å²) >= 11 is 0. The third kappa shape index (κ3) is 6.01. The van der Waals surface area contributed by atoms with Crippen LogP contribution in [0.1, 0.15) is 10.4 Å². The molecule has 0 saturated heterocycles. The van der Waals surface area contributed by atoms with E-state index in [1.54, 1.807) is 26.2 Å². The molecule has 1 rings (SSSR count). The molecule has 3 N–H and O–H groups in total. The molecular weight excluding hydrogens is 268 g/mol. The van der Waals surface area contributed by atoms with Crippen molar-refractivity contribution in [3.05, 3.63) is 23.8 Å². The highest BCUT2D eigenvalue weighted by Gasteiger charge is 2.09. The molecule has 0 radical (unpaired) electrons. The minimum absolute atomic E-state index is 0.0553. The number of ether oxygens (including phenoxy) is 1. The number of likely N-dealkylation sites (N-methyl/N-ethyl adjacent to an activating group) is 1. The largest absolute Gasteiger partial charge is 0.397 e. The molecule has 1 aromatic carbocycles. The van der Waals surface area contributed by atoms with Gasteiger partial charge in [0, 0.05) is 32.7 Å². The Hall–Kier alpha value is -1.79. The van der Waals surface area contributed by atoms with E-state index in [0.29, 0.717) is 31.0 Å². The second-order valence-electron chi connectivity index (χ2n) is 5.34.